The number of hydrogen-bond donors (Lipinski definition) is 0. The van der Waals surface area contributed by atoms with Crippen molar-refractivity contribution in [1.29, 1.82) is 0 Å². The van der Waals surface area contributed by atoms with E-state index in [1.165, 1.54) is 18.2 Å². The Balaban J connectivity index is 1.59. The predicted molar refractivity (Wildman–Crippen MR) is 101 cm³/mol. The minimum absolute atomic E-state index is 0.0250. The van der Waals surface area contributed by atoms with Gasteiger partial charge in [-0.05, 0) is 53.2 Å². The number of ether oxygens (including phenoxy) is 1. The molecule has 1 aromatic heterocycles. The maximum Gasteiger partial charge on any atom is 0.316 e. The van der Waals surface area contributed by atoms with E-state index in [0.717, 1.165) is 18.5 Å². The molecule has 1 aromatic carbocycles. The smallest absolute Gasteiger partial charge is 0.316 e. The zero-order valence-corrected chi connectivity index (χ0v) is 16.4. The van der Waals surface area contributed by atoms with E-state index in [0.29, 0.717) is 22.9 Å². The molecule has 1 heterocycles. The first-order valence-corrected chi connectivity index (χ1v) is 10.2. The molecular formula is C19H26N4O2S. The summed E-state index contributed by atoms with van der Waals surface area (Å²) in [6.45, 7) is 6.66. The summed E-state index contributed by atoms with van der Waals surface area (Å²) >= 11 is 1.31. The normalized spacial score (nSPS) is 23.2. The van der Waals surface area contributed by atoms with Gasteiger partial charge in [-0.15, -0.1) is 5.10 Å². The summed E-state index contributed by atoms with van der Waals surface area (Å²) in [6, 6.07) is 9.64. The lowest BCUT2D eigenvalue weighted by Crippen LogP contribution is -2.36. The summed E-state index contributed by atoms with van der Waals surface area (Å²) in [5.41, 5.74) is 0.870. The van der Waals surface area contributed by atoms with Crippen molar-refractivity contribution in [3.63, 3.8) is 0 Å². The zero-order valence-electron chi connectivity index (χ0n) is 15.5. The van der Waals surface area contributed by atoms with Crippen molar-refractivity contribution in [2.24, 2.45) is 17.8 Å². The van der Waals surface area contributed by atoms with Crippen LogP contribution in [0.1, 0.15) is 40.0 Å². The summed E-state index contributed by atoms with van der Waals surface area (Å²) in [6.07, 6.45) is 3.34. The Labute approximate surface area is 158 Å². The average Bonchev–Trinajstić information content (AvgIpc) is 3.09. The van der Waals surface area contributed by atoms with E-state index in [4.69, 9.17) is 4.74 Å². The lowest BCUT2D eigenvalue weighted by atomic mass is 9.75. The molecule has 3 rings (SSSR count). The van der Waals surface area contributed by atoms with Crippen LogP contribution in [0.2, 0.25) is 0 Å². The van der Waals surface area contributed by atoms with Gasteiger partial charge in [0.05, 0.1) is 11.4 Å². The minimum Gasteiger partial charge on any atom is -0.461 e. The number of benzene rings is 1. The van der Waals surface area contributed by atoms with Gasteiger partial charge in [0.25, 0.3) is 0 Å². The van der Waals surface area contributed by atoms with Crippen LogP contribution < -0.4 is 0 Å². The third-order valence-corrected chi connectivity index (χ3v) is 5.90. The molecule has 1 aliphatic carbocycles. The van der Waals surface area contributed by atoms with E-state index in [9.17, 15) is 4.79 Å². The van der Waals surface area contributed by atoms with Gasteiger partial charge in [0, 0.05) is 0 Å². The maximum atomic E-state index is 12.4. The molecule has 2 aromatic rings. The number of carbonyl (C=O) groups is 1. The van der Waals surface area contributed by atoms with Crippen LogP contribution in [0, 0.1) is 17.8 Å². The van der Waals surface area contributed by atoms with Gasteiger partial charge >= 0.3 is 5.97 Å². The van der Waals surface area contributed by atoms with Crippen LogP contribution in [0.4, 0.5) is 0 Å². The van der Waals surface area contributed by atoms with Crippen LogP contribution in [0.15, 0.2) is 35.5 Å². The standard InChI is InChI=1S/C19H26N4O2S/c1-13(2)16-10-9-14(3)11-17(16)25-18(24)12-26-19-20-21-22-23(19)15-7-5-4-6-8-15/h4-8,13-14,16-17H,9-12H2,1-3H3/t14-,16-,17-/m0/s1. The van der Waals surface area contributed by atoms with E-state index in [1.807, 2.05) is 30.3 Å². The second kappa shape index (κ2) is 8.66. The van der Waals surface area contributed by atoms with Gasteiger partial charge in [-0.25, -0.2) is 0 Å². The quantitative estimate of drug-likeness (QED) is 0.566. The topological polar surface area (TPSA) is 69.9 Å². The third kappa shape index (κ3) is 4.63. The number of rotatable bonds is 6. The van der Waals surface area contributed by atoms with E-state index in [2.05, 4.69) is 36.3 Å². The highest BCUT2D eigenvalue weighted by Crippen LogP contribution is 2.35. The van der Waals surface area contributed by atoms with Crippen molar-refractivity contribution >= 4 is 17.7 Å². The molecular weight excluding hydrogens is 348 g/mol. The number of thioether (sulfide) groups is 1. The van der Waals surface area contributed by atoms with Gasteiger partial charge in [-0.3, -0.25) is 4.79 Å². The maximum absolute atomic E-state index is 12.4. The average molecular weight is 375 g/mol. The van der Waals surface area contributed by atoms with Crippen molar-refractivity contribution < 1.29 is 9.53 Å². The fourth-order valence-corrected chi connectivity index (χ4v) is 4.25. The molecule has 140 valence electrons. The Kier molecular flexibility index (Phi) is 6.29. The molecule has 0 radical (unpaired) electrons. The van der Waals surface area contributed by atoms with Gasteiger partial charge in [-0.1, -0.05) is 57.2 Å². The van der Waals surface area contributed by atoms with Crippen molar-refractivity contribution in [1.82, 2.24) is 20.2 Å². The molecule has 0 aliphatic heterocycles. The van der Waals surface area contributed by atoms with Crippen molar-refractivity contribution in [2.75, 3.05) is 5.75 Å². The fourth-order valence-electron chi connectivity index (χ4n) is 3.58. The van der Waals surface area contributed by atoms with Crippen LogP contribution in [0.5, 0.6) is 0 Å². The Morgan fingerprint density at radius 2 is 2.08 bits per heavy atom. The molecule has 1 saturated carbocycles. The second-order valence-corrected chi connectivity index (χ2v) is 8.29. The lowest BCUT2D eigenvalue weighted by molar-refractivity contribution is -0.152. The highest BCUT2D eigenvalue weighted by Gasteiger charge is 2.33. The summed E-state index contributed by atoms with van der Waals surface area (Å²) in [5, 5.41) is 12.3. The molecule has 0 N–H and O–H groups in total. The number of esters is 1. The van der Waals surface area contributed by atoms with Gasteiger partial charge in [-0.2, -0.15) is 4.68 Å². The number of para-hydroxylation sites is 1. The molecule has 3 atom stereocenters. The van der Waals surface area contributed by atoms with Crippen LogP contribution >= 0.6 is 11.8 Å². The predicted octanol–water partition coefficient (Wildman–Crippen LogP) is 3.76. The number of hydrogen-bond acceptors (Lipinski definition) is 6. The fraction of sp³-hybridized carbons (Fsp3) is 0.579. The number of tetrazole rings is 1. The van der Waals surface area contributed by atoms with Gasteiger partial charge < -0.3 is 4.74 Å². The molecule has 7 heteroatoms. The molecule has 0 unspecified atom stereocenters. The first-order valence-electron chi connectivity index (χ1n) is 9.20. The molecule has 0 saturated heterocycles. The Hall–Kier alpha value is -1.89. The highest BCUT2D eigenvalue weighted by atomic mass is 32.2. The van der Waals surface area contributed by atoms with Crippen LogP contribution in [-0.2, 0) is 9.53 Å². The largest absolute Gasteiger partial charge is 0.461 e. The summed E-state index contributed by atoms with van der Waals surface area (Å²) < 4.78 is 7.48. The molecule has 1 aliphatic rings. The molecule has 0 amide bonds. The zero-order chi connectivity index (χ0) is 18.5. The lowest BCUT2D eigenvalue weighted by Gasteiger charge is -2.36. The van der Waals surface area contributed by atoms with Crippen molar-refractivity contribution in [3.8, 4) is 5.69 Å². The number of aromatic nitrogens is 4. The van der Waals surface area contributed by atoms with Crippen molar-refractivity contribution in [3.05, 3.63) is 30.3 Å². The Morgan fingerprint density at radius 1 is 1.31 bits per heavy atom. The van der Waals surface area contributed by atoms with Crippen molar-refractivity contribution in [2.45, 2.75) is 51.3 Å². The van der Waals surface area contributed by atoms with E-state index < -0.39 is 0 Å². The molecule has 26 heavy (non-hydrogen) atoms. The summed E-state index contributed by atoms with van der Waals surface area (Å²) in [7, 11) is 0. The first kappa shape index (κ1) is 18.9. The highest BCUT2D eigenvalue weighted by molar-refractivity contribution is 7.99. The SMILES string of the molecule is CC(C)[C@@H]1CC[C@H](C)C[C@@H]1OC(=O)CSc1nnnn1-c1ccccc1. The number of carbonyl (C=O) groups excluding carboxylic acids is 1. The summed E-state index contributed by atoms with van der Waals surface area (Å²) in [4.78, 5) is 12.4. The van der Waals surface area contributed by atoms with E-state index >= 15 is 0 Å². The molecule has 0 spiro atoms. The van der Waals surface area contributed by atoms with Crippen LogP contribution in [-0.4, -0.2) is 38.0 Å². The number of nitrogens with zero attached hydrogens (tertiary/aromatic N) is 4. The van der Waals surface area contributed by atoms with E-state index in [1.54, 1.807) is 4.68 Å². The monoisotopic (exact) mass is 374 g/mol. The molecule has 6 nitrogen and oxygen atoms in total. The molecule has 0 bridgehead atoms. The van der Waals surface area contributed by atoms with Crippen LogP contribution in [0.3, 0.4) is 0 Å². The van der Waals surface area contributed by atoms with E-state index in [-0.39, 0.29) is 17.8 Å². The second-order valence-electron chi connectivity index (χ2n) is 7.35. The van der Waals surface area contributed by atoms with Crippen LogP contribution in [0.25, 0.3) is 5.69 Å². The Bertz CT molecular complexity index is 719. The van der Waals surface area contributed by atoms with Gasteiger partial charge in [0.15, 0.2) is 0 Å². The van der Waals surface area contributed by atoms with Gasteiger partial charge in [0.1, 0.15) is 6.10 Å². The summed E-state index contributed by atoms with van der Waals surface area (Å²) in [5.74, 6) is 1.61. The van der Waals surface area contributed by atoms with Gasteiger partial charge in [0.2, 0.25) is 5.16 Å². The Morgan fingerprint density at radius 3 is 2.81 bits per heavy atom. The first-order chi connectivity index (χ1) is 12.5. The minimum atomic E-state index is -0.192. The third-order valence-electron chi connectivity index (χ3n) is 5.00. The molecule has 1 fully saturated rings.